The summed E-state index contributed by atoms with van der Waals surface area (Å²) in [6.45, 7) is 6.26. The van der Waals surface area contributed by atoms with Crippen LogP contribution in [0.2, 0.25) is 0 Å². The van der Waals surface area contributed by atoms with Gasteiger partial charge in [0.1, 0.15) is 5.75 Å². The van der Waals surface area contributed by atoms with Crippen molar-refractivity contribution < 1.29 is 14.4 Å². The molecule has 4 heteroatoms. The van der Waals surface area contributed by atoms with Crippen LogP contribution in [0.15, 0.2) is 18.2 Å². The van der Waals surface area contributed by atoms with Crippen LogP contribution in [-0.4, -0.2) is 32.1 Å². The van der Waals surface area contributed by atoms with E-state index in [0.717, 1.165) is 38.0 Å². The molecule has 0 saturated carbocycles. The zero-order chi connectivity index (χ0) is 15.1. The lowest BCUT2D eigenvalue weighted by atomic mass is 9.83. The quantitative estimate of drug-likeness (QED) is 0.687. The second-order valence-corrected chi connectivity index (χ2v) is 5.47. The first-order chi connectivity index (χ1) is 10.3. The van der Waals surface area contributed by atoms with Gasteiger partial charge in [0.25, 0.3) is 0 Å². The molecule has 1 atom stereocenters. The second-order valence-electron chi connectivity index (χ2n) is 5.47. The fourth-order valence-corrected chi connectivity index (χ4v) is 2.89. The molecule has 0 bridgehead atoms. The molecule has 0 amide bonds. The summed E-state index contributed by atoms with van der Waals surface area (Å²) in [6.07, 6.45) is 4.27. The van der Waals surface area contributed by atoms with E-state index in [1.807, 2.05) is 6.92 Å². The van der Waals surface area contributed by atoms with E-state index in [1.165, 1.54) is 11.1 Å². The van der Waals surface area contributed by atoms with E-state index in [9.17, 15) is 0 Å². The van der Waals surface area contributed by atoms with Crippen molar-refractivity contribution >= 4 is 0 Å². The number of fused-ring (bicyclic) bond motifs is 1. The van der Waals surface area contributed by atoms with E-state index in [-0.39, 0.29) is 0 Å². The Labute approximate surface area is 127 Å². The monoisotopic (exact) mass is 293 g/mol. The third kappa shape index (κ3) is 4.43. The number of nitrogens with zero attached hydrogens (tertiary/aromatic N) is 1. The van der Waals surface area contributed by atoms with Gasteiger partial charge in [-0.1, -0.05) is 24.3 Å². The summed E-state index contributed by atoms with van der Waals surface area (Å²) in [4.78, 5) is 11.2. The van der Waals surface area contributed by atoms with Crippen molar-refractivity contribution in [1.82, 2.24) is 5.23 Å². The zero-order valence-electron chi connectivity index (χ0n) is 13.4. The van der Waals surface area contributed by atoms with Gasteiger partial charge in [0, 0.05) is 0 Å². The maximum atomic E-state index is 5.65. The Morgan fingerprint density at radius 3 is 2.81 bits per heavy atom. The van der Waals surface area contributed by atoms with Crippen LogP contribution in [-0.2, 0) is 22.5 Å². The third-order valence-electron chi connectivity index (χ3n) is 3.88. The number of hydrogen-bond donors (Lipinski definition) is 0. The first kappa shape index (κ1) is 16.3. The molecule has 1 aromatic carbocycles. The predicted octanol–water partition coefficient (Wildman–Crippen LogP) is 3.40. The summed E-state index contributed by atoms with van der Waals surface area (Å²) in [5, 5.41) is 1.68. The lowest BCUT2D eigenvalue weighted by Gasteiger charge is -2.29. The Bertz CT molecular complexity index is 436. The van der Waals surface area contributed by atoms with Crippen molar-refractivity contribution in [1.29, 1.82) is 0 Å². The molecule has 21 heavy (non-hydrogen) atoms. The minimum absolute atomic E-state index is 0.563. The van der Waals surface area contributed by atoms with Gasteiger partial charge < -0.3 is 4.74 Å². The number of hydroxylamine groups is 2. The van der Waals surface area contributed by atoms with Gasteiger partial charge >= 0.3 is 0 Å². The molecule has 4 nitrogen and oxygen atoms in total. The van der Waals surface area contributed by atoms with E-state index >= 15 is 0 Å². The maximum absolute atomic E-state index is 5.65. The maximum Gasteiger partial charge on any atom is 0.122 e. The Morgan fingerprint density at radius 1 is 1.24 bits per heavy atom. The minimum Gasteiger partial charge on any atom is -0.496 e. The van der Waals surface area contributed by atoms with Crippen LogP contribution in [0.5, 0.6) is 5.75 Å². The summed E-state index contributed by atoms with van der Waals surface area (Å²) in [6, 6.07) is 6.34. The molecule has 2 rings (SSSR count). The van der Waals surface area contributed by atoms with Crippen LogP contribution in [0.1, 0.15) is 37.8 Å². The van der Waals surface area contributed by atoms with Crippen LogP contribution in [0.4, 0.5) is 0 Å². The van der Waals surface area contributed by atoms with Gasteiger partial charge in [0.05, 0.1) is 26.9 Å². The van der Waals surface area contributed by atoms with Crippen molar-refractivity contribution in [3.05, 3.63) is 29.3 Å². The molecular weight excluding hydrogens is 266 g/mol. The molecule has 1 aliphatic rings. The summed E-state index contributed by atoms with van der Waals surface area (Å²) in [7, 11) is 1.75. The van der Waals surface area contributed by atoms with Crippen LogP contribution in [0, 0.1) is 5.92 Å². The molecular formula is C17H27NO3. The Hall–Kier alpha value is -1.10. The van der Waals surface area contributed by atoms with Crippen molar-refractivity contribution in [3.8, 4) is 5.75 Å². The molecule has 1 unspecified atom stereocenters. The SMILES string of the molecule is CCCON(CC1CCc2c(cccc2OC)C1)OCC. The number of rotatable bonds is 8. The number of methoxy groups -OCH3 is 1. The van der Waals surface area contributed by atoms with E-state index in [4.69, 9.17) is 14.4 Å². The molecule has 0 saturated heterocycles. The van der Waals surface area contributed by atoms with Gasteiger partial charge in [-0.3, -0.25) is 9.68 Å². The highest BCUT2D eigenvalue weighted by Gasteiger charge is 2.23. The number of hydrogen-bond acceptors (Lipinski definition) is 4. The summed E-state index contributed by atoms with van der Waals surface area (Å²) < 4.78 is 5.46. The van der Waals surface area contributed by atoms with Gasteiger partial charge in [-0.05, 0) is 55.7 Å². The molecule has 0 N–H and O–H groups in total. The van der Waals surface area contributed by atoms with Gasteiger partial charge in [0.2, 0.25) is 0 Å². The lowest BCUT2D eigenvalue weighted by molar-refractivity contribution is -0.370. The van der Waals surface area contributed by atoms with Gasteiger partial charge in [-0.15, -0.1) is 0 Å². The van der Waals surface area contributed by atoms with Crippen molar-refractivity contribution in [2.45, 2.75) is 39.5 Å². The Morgan fingerprint density at radius 2 is 2.10 bits per heavy atom. The van der Waals surface area contributed by atoms with Crippen molar-refractivity contribution in [2.75, 3.05) is 26.9 Å². The summed E-state index contributed by atoms with van der Waals surface area (Å²) in [5.41, 5.74) is 2.77. The van der Waals surface area contributed by atoms with Crippen LogP contribution in [0.3, 0.4) is 0 Å². The first-order valence-corrected chi connectivity index (χ1v) is 7.96. The first-order valence-electron chi connectivity index (χ1n) is 7.96. The molecule has 0 aromatic heterocycles. The summed E-state index contributed by atoms with van der Waals surface area (Å²) >= 11 is 0. The van der Waals surface area contributed by atoms with Crippen molar-refractivity contribution in [2.24, 2.45) is 5.92 Å². The van der Waals surface area contributed by atoms with Crippen LogP contribution < -0.4 is 4.74 Å². The highest BCUT2D eigenvalue weighted by atomic mass is 16.9. The average Bonchev–Trinajstić information content (AvgIpc) is 2.52. The molecule has 1 aromatic rings. The standard InChI is InChI=1S/C17H27NO3/c1-4-11-21-18(20-5-2)13-14-9-10-16-15(12-14)7-6-8-17(16)19-3/h6-8,14H,4-5,9-13H2,1-3H3. The molecule has 0 aliphatic heterocycles. The van der Waals surface area contributed by atoms with E-state index in [1.54, 1.807) is 12.3 Å². The van der Waals surface area contributed by atoms with Gasteiger partial charge in [0.15, 0.2) is 0 Å². The summed E-state index contributed by atoms with van der Waals surface area (Å²) in [5.74, 6) is 1.59. The highest BCUT2D eigenvalue weighted by molar-refractivity contribution is 5.41. The topological polar surface area (TPSA) is 30.9 Å². The lowest BCUT2D eigenvalue weighted by Crippen LogP contribution is -2.33. The zero-order valence-corrected chi connectivity index (χ0v) is 13.4. The van der Waals surface area contributed by atoms with Gasteiger partial charge in [-0.25, -0.2) is 0 Å². The predicted molar refractivity (Wildman–Crippen MR) is 83.1 cm³/mol. The molecule has 0 radical (unpaired) electrons. The Balaban J connectivity index is 1.96. The molecule has 0 fully saturated rings. The smallest absolute Gasteiger partial charge is 0.122 e. The number of benzene rings is 1. The normalized spacial score (nSPS) is 17.8. The molecule has 0 spiro atoms. The molecule has 118 valence electrons. The largest absolute Gasteiger partial charge is 0.496 e. The fraction of sp³-hybridized carbons (Fsp3) is 0.647. The van der Waals surface area contributed by atoms with E-state index < -0.39 is 0 Å². The second kappa shape index (κ2) is 8.37. The molecule has 0 heterocycles. The van der Waals surface area contributed by atoms with Crippen molar-refractivity contribution in [3.63, 3.8) is 0 Å². The van der Waals surface area contributed by atoms with Gasteiger partial charge in [-0.2, -0.15) is 0 Å². The van der Waals surface area contributed by atoms with Crippen LogP contribution >= 0.6 is 0 Å². The average molecular weight is 293 g/mol. The minimum atomic E-state index is 0.563. The van der Waals surface area contributed by atoms with E-state index in [2.05, 4.69) is 25.1 Å². The highest BCUT2D eigenvalue weighted by Crippen LogP contribution is 2.32. The number of ether oxygens (including phenoxy) is 1. The fourth-order valence-electron chi connectivity index (χ4n) is 2.89. The van der Waals surface area contributed by atoms with E-state index in [0.29, 0.717) is 19.1 Å². The third-order valence-corrected chi connectivity index (χ3v) is 3.88. The van der Waals surface area contributed by atoms with Crippen LogP contribution in [0.25, 0.3) is 0 Å². The Kier molecular flexibility index (Phi) is 6.49. The molecule has 1 aliphatic carbocycles.